The number of aliphatic hydroxyl groups excluding tert-OH is 1. The highest BCUT2D eigenvalue weighted by atomic mass is 16.5. The summed E-state index contributed by atoms with van der Waals surface area (Å²) < 4.78 is 13.0. The Balaban J connectivity index is 1.53. The lowest BCUT2D eigenvalue weighted by Crippen LogP contribution is -2.56. The van der Waals surface area contributed by atoms with Crippen molar-refractivity contribution in [2.24, 2.45) is 33.0 Å². The molecule has 0 bridgehead atoms. The molecule has 0 aromatic rings. The van der Waals surface area contributed by atoms with Crippen LogP contribution in [0.1, 0.15) is 109 Å². The van der Waals surface area contributed by atoms with Crippen molar-refractivity contribution >= 4 is 11.8 Å². The van der Waals surface area contributed by atoms with E-state index in [4.69, 9.17) is 25.1 Å². The summed E-state index contributed by atoms with van der Waals surface area (Å²) in [6, 6.07) is 0. The van der Waals surface area contributed by atoms with Gasteiger partial charge in [0.15, 0.2) is 17.5 Å². The van der Waals surface area contributed by atoms with Crippen LogP contribution in [0.15, 0.2) is 26.4 Å². The van der Waals surface area contributed by atoms with Gasteiger partial charge < -0.3 is 19.5 Å². The SMILES string of the molecule is [N-]=[N+]=NCC1=C([C@@H]2OC(C3CCC(OCCCO)CC3)=N[C@]2(CC2CCCCC2CN=[N+]=[N-])C(=O)N2CCCCC2)CCCC1. The molecule has 1 amide bonds. The summed E-state index contributed by atoms with van der Waals surface area (Å²) in [4.78, 5) is 28.7. The summed E-state index contributed by atoms with van der Waals surface area (Å²) in [5.74, 6) is 1.33. The number of rotatable bonds is 13. The molecule has 0 spiro atoms. The van der Waals surface area contributed by atoms with Crippen molar-refractivity contribution in [3.8, 4) is 0 Å². The predicted molar refractivity (Wildman–Crippen MR) is 172 cm³/mol. The first-order valence-corrected chi connectivity index (χ1v) is 17.6. The molecule has 1 N–H and O–H groups in total. The first kappa shape index (κ1) is 33.6. The van der Waals surface area contributed by atoms with Gasteiger partial charge in [-0.05, 0) is 112 Å². The predicted octanol–water partition coefficient (Wildman–Crippen LogP) is 7.18. The van der Waals surface area contributed by atoms with Crippen molar-refractivity contribution in [1.29, 1.82) is 0 Å². The standard InChI is InChI=1S/C33H52N8O4/c34-39-36-22-26-10-3-2-9-25(26)21-33(32(43)41-17-6-1-7-18-41)30(29-12-5-4-11-27(29)23-37-40-35)45-31(38-33)24-13-15-28(16-14-24)44-20-8-19-42/h24-26,28,30,42H,1-23H2/t24?,25?,26?,28?,30-,33-/m0/s1. The number of aliphatic hydroxyl groups is 1. The summed E-state index contributed by atoms with van der Waals surface area (Å²) in [6.45, 7) is 2.93. The highest BCUT2D eigenvalue weighted by Crippen LogP contribution is 2.48. The highest BCUT2D eigenvalue weighted by molar-refractivity contribution is 5.95. The molecule has 3 aliphatic carbocycles. The fraction of sp³-hybridized carbons (Fsp3) is 0.879. The van der Waals surface area contributed by atoms with Gasteiger partial charge in [-0.15, -0.1) is 0 Å². The van der Waals surface area contributed by atoms with Crippen LogP contribution >= 0.6 is 0 Å². The molecular weight excluding hydrogens is 572 g/mol. The maximum absolute atomic E-state index is 15.0. The number of carbonyl (C=O) groups is 1. The zero-order valence-electron chi connectivity index (χ0n) is 26.9. The molecule has 3 fully saturated rings. The Labute approximate surface area is 267 Å². The van der Waals surface area contributed by atoms with Gasteiger partial charge in [-0.3, -0.25) is 4.79 Å². The van der Waals surface area contributed by atoms with Crippen LogP contribution in [0.5, 0.6) is 0 Å². The molecule has 12 heteroatoms. The lowest BCUT2D eigenvalue weighted by Gasteiger charge is -2.42. The van der Waals surface area contributed by atoms with E-state index in [0.29, 0.717) is 38.4 Å². The van der Waals surface area contributed by atoms with Gasteiger partial charge in [0.1, 0.15) is 0 Å². The minimum absolute atomic E-state index is 0.0811. The Morgan fingerprint density at radius 1 is 0.956 bits per heavy atom. The first-order chi connectivity index (χ1) is 22.1. The van der Waals surface area contributed by atoms with E-state index in [9.17, 15) is 5.53 Å². The van der Waals surface area contributed by atoms with Crippen molar-refractivity contribution in [2.45, 2.75) is 127 Å². The monoisotopic (exact) mass is 624 g/mol. The van der Waals surface area contributed by atoms with Gasteiger partial charge in [0.25, 0.3) is 5.91 Å². The Morgan fingerprint density at radius 3 is 2.42 bits per heavy atom. The Bertz CT molecular complexity index is 1170. The fourth-order valence-corrected chi connectivity index (χ4v) is 8.55. The molecule has 2 unspecified atom stereocenters. The number of hydrogen-bond donors (Lipinski definition) is 1. The number of ether oxygens (including phenoxy) is 2. The number of azide groups is 2. The molecule has 2 heterocycles. The van der Waals surface area contributed by atoms with E-state index in [0.717, 1.165) is 121 Å². The third-order valence-corrected chi connectivity index (χ3v) is 11.0. The third-order valence-electron chi connectivity index (χ3n) is 11.0. The van der Waals surface area contributed by atoms with Crippen LogP contribution in [0.2, 0.25) is 0 Å². The maximum atomic E-state index is 15.0. The summed E-state index contributed by atoms with van der Waals surface area (Å²) >= 11 is 0. The molecule has 0 aromatic heterocycles. The largest absolute Gasteiger partial charge is 0.470 e. The van der Waals surface area contributed by atoms with Crippen molar-refractivity contribution in [3.05, 3.63) is 32.0 Å². The van der Waals surface area contributed by atoms with Crippen LogP contribution in [-0.4, -0.2) is 79.0 Å². The smallest absolute Gasteiger partial charge is 0.254 e. The minimum atomic E-state index is -1.08. The molecular formula is C33H52N8O4. The summed E-state index contributed by atoms with van der Waals surface area (Å²) in [5, 5.41) is 17.1. The zero-order chi connectivity index (χ0) is 31.5. The van der Waals surface area contributed by atoms with Crippen molar-refractivity contribution < 1.29 is 19.4 Å². The molecule has 248 valence electrons. The van der Waals surface area contributed by atoms with Crippen molar-refractivity contribution in [2.75, 3.05) is 39.4 Å². The Morgan fingerprint density at radius 2 is 1.69 bits per heavy atom. The summed E-state index contributed by atoms with van der Waals surface area (Å²) in [6.07, 6.45) is 15.5. The van der Waals surface area contributed by atoms with E-state index in [2.05, 4.69) is 20.1 Å². The summed E-state index contributed by atoms with van der Waals surface area (Å²) in [5.41, 5.74) is 19.5. The lowest BCUT2D eigenvalue weighted by atomic mass is 9.69. The van der Waals surface area contributed by atoms with Gasteiger partial charge in [0.2, 0.25) is 0 Å². The van der Waals surface area contributed by atoms with Gasteiger partial charge in [-0.25, -0.2) is 4.99 Å². The molecule has 1 saturated heterocycles. The fourth-order valence-electron chi connectivity index (χ4n) is 8.55. The molecule has 2 saturated carbocycles. The second-order valence-corrected chi connectivity index (χ2v) is 13.8. The number of nitrogens with zero attached hydrogens (tertiary/aromatic N) is 8. The third kappa shape index (κ3) is 8.15. The van der Waals surface area contributed by atoms with E-state index in [1.165, 1.54) is 0 Å². The minimum Gasteiger partial charge on any atom is -0.470 e. The molecule has 4 atom stereocenters. The number of aliphatic imine (C=N–C) groups is 1. The second kappa shape index (κ2) is 16.7. The first-order valence-electron chi connectivity index (χ1n) is 17.6. The maximum Gasteiger partial charge on any atom is 0.254 e. The van der Waals surface area contributed by atoms with Crippen molar-refractivity contribution in [3.63, 3.8) is 0 Å². The molecule has 0 radical (unpaired) electrons. The molecule has 12 nitrogen and oxygen atoms in total. The van der Waals surface area contributed by atoms with Crippen LogP contribution in [0, 0.1) is 17.8 Å². The number of amides is 1. The average Bonchev–Trinajstić information content (AvgIpc) is 3.47. The molecule has 5 aliphatic rings. The number of hydrogen-bond acceptors (Lipinski definition) is 7. The normalized spacial score (nSPS) is 32.2. The quantitative estimate of drug-likeness (QED) is 0.0753. The molecule has 45 heavy (non-hydrogen) atoms. The zero-order valence-corrected chi connectivity index (χ0v) is 26.9. The van der Waals surface area contributed by atoms with Crippen LogP contribution < -0.4 is 0 Å². The topological polar surface area (TPSA) is 169 Å². The Hall–Kier alpha value is -2.78. The number of piperidine rings is 1. The van der Waals surface area contributed by atoms with Crippen LogP contribution in [0.3, 0.4) is 0 Å². The van der Waals surface area contributed by atoms with Crippen LogP contribution in [0.25, 0.3) is 20.9 Å². The summed E-state index contributed by atoms with van der Waals surface area (Å²) in [7, 11) is 0. The van der Waals surface area contributed by atoms with Gasteiger partial charge in [0, 0.05) is 55.1 Å². The molecule has 5 rings (SSSR count). The number of likely N-dealkylation sites (tertiary alicyclic amines) is 1. The molecule has 0 aromatic carbocycles. The Kier molecular flexibility index (Phi) is 12.4. The second-order valence-electron chi connectivity index (χ2n) is 13.8. The van der Waals surface area contributed by atoms with Crippen molar-refractivity contribution in [1.82, 2.24) is 4.90 Å². The van der Waals surface area contributed by atoms with E-state index in [-0.39, 0.29) is 36.4 Å². The van der Waals surface area contributed by atoms with E-state index >= 15 is 4.79 Å². The van der Waals surface area contributed by atoms with Gasteiger partial charge in [0.05, 0.1) is 6.10 Å². The van der Waals surface area contributed by atoms with E-state index in [1.807, 2.05) is 4.90 Å². The van der Waals surface area contributed by atoms with Gasteiger partial charge >= 0.3 is 0 Å². The lowest BCUT2D eigenvalue weighted by molar-refractivity contribution is -0.141. The van der Waals surface area contributed by atoms with E-state index < -0.39 is 11.6 Å². The number of carbonyl (C=O) groups excluding carboxylic acids is 1. The molecule has 2 aliphatic heterocycles. The van der Waals surface area contributed by atoms with Crippen LogP contribution in [0.4, 0.5) is 0 Å². The van der Waals surface area contributed by atoms with Crippen LogP contribution in [-0.2, 0) is 14.3 Å². The van der Waals surface area contributed by atoms with Gasteiger partial charge in [-0.2, -0.15) is 0 Å². The average molecular weight is 625 g/mol. The highest BCUT2D eigenvalue weighted by Gasteiger charge is 2.57. The van der Waals surface area contributed by atoms with E-state index in [1.54, 1.807) is 0 Å². The van der Waals surface area contributed by atoms with Gasteiger partial charge in [-0.1, -0.05) is 41.5 Å².